The van der Waals surface area contributed by atoms with Gasteiger partial charge in [-0.05, 0) is 150 Å². The highest BCUT2D eigenvalue weighted by Crippen LogP contribution is 2.43. The SMILES string of the molecule is Cc1cc(C(c2cc(-c3ccc(O)cc3)ccc2C)c2cc(-c3ccc(O)cc3)ccc2C)c(C)cc1C1CCCCC1. The van der Waals surface area contributed by atoms with Gasteiger partial charge in [0.25, 0.3) is 0 Å². The van der Waals surface area contributed by atoms with E-state index in [0.717, 1.165) is 22.3 Å². The van der Waals surface area contributed by atoms with Crippen LogP contribution in [0, 0.1) is 27.7 Å². The first kappa shape index (κ1) is 28.8. The number of aryl methyl sites for hydroxylation is 4. The Morgan fingerprint density at radius 2 is 0.907 bits per heavy atom. The molecule has 0 amide bonds. The van der Waals surface area contributed by atoms with Crippen LogP contribution in [0.25, 0.3) is 22.3 Å². The minimum atomic E-state index is 0.0493. The number of hydrogen-bond donors (Lipinski definition) is 2. The van der Waals surface area contributed by atoms with Crippen molar-refractivity contribution in [2.75, 3.05) is 0 Å². The van der Waals surface area contributed by atoms with Gasteiger partial charge in [0.15, 0.2) is 0 Å². The summed E-state index contributed by atoms with van der Waals surface area (Å²) in [5, 5.41) is 19.8. The Morgan fingerprint density at radius 3 is 1.40 bits per heavy atom. The Kier molecular flexibility index (Phi) is 8.13. The minimum Gasteiger partial charge on any atom is -0.508 e. The Morgan fingerprint density at radius 1 is 0.465 bits per heavy atom. The lowest BCUT2D eigenvalue weighted by Crippen LogP contribution is -2.12. The van der Waals surface area contributed by atoms with Crippen molar-refractivity contribution in [3.05, 3.63) is 142 Å². The minimum absolute atomic E-state index is 0.0493. The molecule has 0 aromatic heterocycles. The number of phenolic OH excluding ortho intramolecular Hbond substituents is 2. The summed E-state index contributed by atoms with van der Waals surface area (Å²) in [5.41, 5.74) is 15.2. The first-order valence-electron chi connectivity index (χ1n) is 15.7. The van der Waals surface area contributed by atoms with E-state index in [-0.39, 0.29) is 17.4 Å². The second-order valence-corrected chi connectivity index (χ2v) is 12.6. The van der Waals surface area contributed by atoms with Crippen LogP contribution in [0.15, 0.2) is 97.1 Å². The lowest BCUT2D eigenvalue weighted by Gasteiger charge is -2.29. The molecule has 0 heterocycles. The number of phenols is 2. The van der Waals surface area contributed by atoms with Crippen molar-refractivity contribution in [1.29, 1.82) is 0 Å². The highest BCUT2D eigenvalue weighted by molar-refractivity contribution is 5.70. The summed E-state index contributed by atoms with van der Waals surface area (Å²) in [6.45, 7) is 9.05. The van der Waals surface area contributed by atoms with Gasteiger partial charge in [-0.2, -0.15) is 0 Å². The zero-order valence-corrected chi connectivity index (χ0v) is 25.8. The summed E-state index contributed by atoms with van der Waals surface area (Å²) in [6, 6.07) is 33.5. The van der Waals surface area contributed by atoms with Crippen molar-refractivity contribution < 1.29 is 10.2 Å². The highest BCUT2D eigenvalue weighted by Gasteiger charge is 2.26. The monoisotopic (exact) mass is 566 g/mol. The molecule has 0 saturated heterocycles. The van der Waals surface area contributed by atoms with Gasteiger partial charge in [0.2, 0.25) is 0 Å². The fraction of sp³-hybridized carbons (Fsp3) is 0.268. The van der Waals surface area contributed by atoms with E-state index in [1.165, 1.54) is 76.6 Å². The molecule has 218 valence electrons. The molecule has 43 heavy (non-hydrogen) atoms. The summed E-state index contributed by atoms with van der Waals surface area (Å²) in [5.74, 6) is 1.27. The van der Waals surface area contributed by atoms with E-state index >= 15 is 0 Å². The Bertz CT molecular complexity index is 1640. The average Bonchev–Trinajstić information content (AvgIpc) is 3.02. The largest absolute Gasteiger partial charge is 0.508 e. The fourth-order valence-corrected chi connectivity index (χ4v) is 7.10. The lowest BCUT2D eigenvalue weighted by molar-refractivity contribution is 0.442. The van der Waals surface area contributed by atoms with E-state index in [0.29, 0.717) is 5.92 Å². The van der Waals surface area contributed by atoms with E-state index in [4.69, 9.17) is 0 Å². The van der Waals surface area contributed by atoms with Crippen LogP contribution in [0.1, 0.15) is 88.4 Å². The van der Waals surface area contributed by atoms with Crippen LogP contribution in [0.4, 0.5) is 0 Å². The standard InChI is InChI=1S/C41H42O2/c1-26-10-12-33(30-14-18-35(42)19-15-30)24-39(26)41(38-23-28(3)37(22-29(38)4)32-8-6-5-7-9-32)40-25-34(13-11-27(40)2)31-16-20-36(43)21-17-31/h10-25,32,41-43H,5-9H2,1-4H3. The second kappa shape index (κ2) is 12.1. The van der Waals surface area contributed by atoms with E-state index < -0.39 is 0 Å². The van der Waals surface area contributed by atoms with Crippen molar-refractivity contribution in [3.63, 3.8) is 0 Å². The van der Waals surface area contributed by atoms with E-state index in [2.05, 4.69) is 76.2 Å². The summed E-state index contributed by atoms with van der Waals surface area (Å²) < 4.78 is 0. The van der Waals surface area contributed by atoms with Crippen LogP contribution < -0.4 is 0 Å². The van der Waals surface area contributed by atoms with Gasteiger partial charge in [0.1, 0.15) is 11.5 Å². The zero-order chi connectivity index (χ0) is 30.1. The molecule has 1 saturated carbocycles. The van der Waals surface area contributed by atoms with Crippen LogP contribution in [0.5, 0.6) is 11.5 Å². The molecular weight excluding hydrogens is 524 g/mol. The Hall–Kier alpha value is -4.30. The molecule has 5 aromatic carbocycles. The van der Waals surface area contributed by atoms with Crippen LogP contribution >= 0.6 is 0 Å². The summed E-state index contributed by atoms with van der Waals surface area (Å²) >= 11 is 0. The molecule has 2 nitrogen and oxygen atoms in total. The average molecular weight is 567 g/mol. The number of benzene rings is 5. The van der Waals surface area contributed by atoms with Crippen molar-refractivity contribution >= 4 is 0 Å². The van der Waals surface area contributed by atoms with Gasteiger partial charge in [-0.15, -0.1) is 0 Å². The molecule has 0 aliphatic heterocycles. The third kappa shape index (κ3) is 5.97. The predicted molar refractivity (Wildman–Crippen MR) is 179 cm³/mol. The number of aromatic hydroxyl groups is 2. The zero-order valence-electron chi connectivity index (χ0n) is 25.8. The molecule has 2 heteroatoms. The Balaban J connectivity index is 1.55. The molecule has 0 unspecified atom stereocenters. The summed E-state index contributed by atoms with van der Waals surface area (Å²) in [6.07, 6.45) is 6.62. The normalized spacial score (nSPS) is 13.9. The summed E-state index contributed by atoms with van der Waals surface area (Å²) in [4.78, 5) is 0. The van der Waals surface area contributed by atoms with Crippen molar-refractivity contribution in [2.45, 2.75) is 71.6 Å². The highest BCUT2D eigenvalue weighted by atomic mass is 16.3. The first-order valence-corrected chi connectivity index (χ1v) is 15.7. The van der Waals surface area contributed by atoms with Gasteiger partial charge >= 0.3 is 0 Å². The van der Waals surface area contributed by atoms with Crippen molar-refractivity contribution in [1.82, 2.24) is 0 Å². The molecule has 0 radical (unpaired) electrons. The summed E-state index contributed by atoms with van der Waals surface area (Å²) in [7, 11) is 0. The predicted octanol–water partition coefficient (Wildman–Crippen LogP) is 10.9. The van der Waals surface area contributed by atoms with Gasteiger partial charge in [0, 0.05) is 5.92 Å². The number of hydrogen-bond acceptors (Lipinski definition) is 2. The van der Waals surface area contributed by atoms with Crippen LogP contribution in [0.2, 0.25) is 0 Å². The quantitative estimate of drug-likeness (QED) is 0.201. The second-order valence-electron chi connectivity index (χ2n) is 12.6. The van der Waals surface area contributed by atoms with Crippen molar-refractivity contribution in [2.24, 2.45) is 0 Å². The van der Waals surface area contributed by atoms with Crippen molar-refractivity contribution in [3.8, 4) is 33.8 Å². The molecular formula is C41H42O2. The van der Waals surface area contributed by atoms with Crippen LogP contribution in [0.3, 0.4) is 0 Å². The van der Waals surface area contributed by atoms with Gasteiger partial charge in [-0.3, -0.25) is 0 Å². The van der Waals surface area contributed by atoms with Gasteiger partial charge < -0.3 is 10.2 Å². The van der Waals surface area contributed by atoms with Gasteiger partial charge in [-0.25, -0.2) is 0 Å². The molecule has 0 bridgehead atoms. The smallest absolute Gasteiger partial charge is 0.115 e. The molecule has 2 N–H and O–H groups in total. The van der Waals surface area contributed by atoms with Gasteiger partial charge in [-0.1, -0.05) is 79.9 Å². The molecule has 6 rings (SSSR count). The molecule has 5 aromatic rings. The lowest BCUT2D eigenvalue weighted by atomic mass is 9.75. The van der Waals surface area contributed by atoms with Crippen LogP contribution in [-0.4, -0.2) is 10.2 Å². The topological polar surface area (TPSA) is 40.5 Å². The van der Waals surface area contributed by atoms with Gasteiger partial charge in [0.05, 0.1) is 0 Å². The number of rotatable bonds is 6. The molecule has 1 aliphatic rings. The van der Waals surface area contributed by atoms with Crippen LogP contribution in [-0.2, 0) is 0 Å². The molecule has 1 aliphatic carbocycles. The maximum atomic E-state index is 9.91. The maximum absolute atomic E-state index is 9.91. The maximum Gasteiger partial charge on any atom is 0.115 e. The fourth-order valence-electron chi connectivity index (χ4n) is 7.10. The molecule has 1 fully saturated rings. The molecule has 0 spiro atoms. The Labute approximate surface area is 256 Å². The first-order chi connectivity index (χ1) is 20.8. The van der Waals surface area contributed by atoms with E-state index in [1.54, 1.807) is 24.3 Å². The third-order valence-corrected chi connectivity index (χ3v) is 9.59. The van der Waals surface area contributed by atoms with E-state index in [9.17, 15) is 10.2 Å². The molecule has 0 atom stereocenters. The third-order valence-electron chi connectivity index (χ3n) is 9.59. The van der Waals surface area contributed by atoms with E-state index in [1.807, 2.05) is 24.3 Å².